The number of hydrazine groups is 2. The minimum atomic E-state index is -0.591. The lowest BCUT2D eigenvalue weighted by atomic mass is 10.2. The molecule has 3 amide bonds. The molecule has 13 nitrogen and oxygen atoms in total. The van der Waals surface area contributed by atoms with Crippen LogP contribution in [0.1, 0.15) is 41.8 Å². The van der Waals surface area contributed by atoms with Crippen molar-refractivity contribution in [1.29, 1.82) is 0 Å². The molecule has 5 aliphatic rings. The summed E-state index contributed by atoms with van der Waals surface area (Å²) in [7, 11) is 0. The fourth-order valence-electron chi connectivity index (χ4n) is 4.69. The number of carbonyl (C=O) groups excluding carboxylic acids is 2. The van der Waals surface area contributed by atoms with Crippen molar-refractivity contribution >= 4 is 29.8 Å². The van der Waals surface area contributed by atoms with E-state index in [0.717, 1.165) is 25.7 Å². The topological polar surface area (TPSA) is 141 Å². The number of amides is 3. The van der Waals surface area contributed by atoms with Gasteiger partial charge in [-0.1, -0.05) is 0 Å². The molecule has 0 bridgehead atoms. The summed E-state index contributed by atoms with van der Waals surface area (Å²) < 4.78 is 7.31. The van der Waals surface area contributed by atoms with Crippen LogP contribution in [-0.2, 0) is 6.54 Å². The lowest BCUT2D eigenvalue weighted by Gasteiger charge is -2.30. The molecule has 0 aromatic carbocycles. The first-order valence-corrected chi connectivity index (χ1v) is 12.2. The third kappa shape index (κ3) is 3.54. The third-order valence-electron chi connectivity index (χ3n) is 6.94. The van der Waals surface area contributed by atoms with Gasteiger partial charge in [0.1, 0.15) is 17.7 Å². The van der Waals surface area contributed by atoms with Crippen molar-refractivity contribution in [1.82, 2.24) is 35.0 Å². The Morgan fingerprint density at radius 1 is 1.22 bits per heavy atom. The van der Waals surface area contributed by atoms with Gasteiger partial charge < -0.3 is 9.73 Å². The van der Waals surface area contributed by atoms with E-state index < -0.39 is 6.29 Å². The molecule has 2 aromatic rings. The second kappa shape index (κ2) is 7.95. The van der Waals surface area contributed by atoms with Gasteiger partial charge >= 0.3 is 6.03 Å². The molecule has 0 spiro atoms. The van der Waals surface area contributed by atoms with E-state index in [9.17, 15) is 9.59 Å². The van der Waals surface area contributed by atoms with E-state index in [1.807, 2.05) is 11.1 Å². The number of urea groups is 1. The van der Waals surface area contributed by atoms with E-state index in [-0.39, 0.29) is 18.0 Å². The minimum absolute atomic E-state index is 0.116. The summed E-state index contributed by atoms with van der Waals surface area (Å²) in [6, 6.07) is 3.77. The van der Waals surface area contributed by atoms with E-state index in [0.29, 0.717) is 54.1 Å². The summed E-state index contributed by atoms with van der Waals surface area (Å²) in [6.07, 6.45) is 10.0. The van der Waals surface area contributed by atoms with Crippen molar-refractivity contribution in [3.8, 4) is 0 Å². The first-order chi connectivity index (χ1) is 17.6. The maximum atomic E-state index is 13.6. The number of aromatic nitrogens is 2. The van der Waals surface area contributed by atoms with Gasteiger partial charge in [-0.15, -0.1) is 0 Å². The van der Waals surface area contributed by atoms with Crippen LogP contribution in [0.2, 0.25) is 0 Å². The first-order valence-electron chi connectivity index (χ1n) is 12.2. The Morgan fingerprint density at radius 3 is 2.83 bits per heavy atom. The maximum Gasteiger partial charge on any atom is 0.342 e. The highest BCUT2D eigenvalue weighted by Gasteiger charge is 2.53. The Balaban J connectivity index is 1.16. The number of hydrogen-bond acceptors (Lipinski definition) is 9. The largest absolute Gasteiger partial charge is 0.463 e. The molecule has 3 N–H and O–H groups in total. The fourth-order valence-corrected chi connectivity index (χ4v) is 4.69. The molecule has 1 atom stereocenters. The number of nitrogens with one attached hydrogen (secondary N) is 1. The Labute approximate surface area is 206 Å². The number of furan rings is 1. The highest BCUT2D eigenvalue weighted by molar-refractivity contribution is 6.13. The van der Waals surface area contributed by atoms with Crippen LogP contribution in [-0.4, -0.2) is 79.2 Å². The number of carbonyl (C=O) groups is 2. The molecule has 186 valence electrons. The molecular weight excluding hydrogens is 464 g/mol. The van der Waals surface area contributed by atoms with E-state index in [2.05, 4.69) is 15.4 Å². The second-order valence-corrected chi connectivity index (χ2v) is 9.71. The smallest absolute Gasteiger partial charge is 0.342 e. The Kier molecular flexibility index (Phi) is 4.67. The number of nitrogens with zero attached hydrogens (tertiary/aromatic N) is 8. The lowest BCUT2D eigenvalue weighted by Crippen LogP contribution is -2.46. The number of amidine groups is 1. The van der Waals surface area contributed by atoms with Crippen LogP contribution in [0.5, 0.6) is 0 Å². The molecule has 13 heteroatoms. The van der Waals surface area contributed by atoms with Crippen molar-refractivity contribution < 1.29 is 14.0 Å². The Morgan fingerprint density at radius 2 is 2.08 bits per heavy atom. The second-order valence-electron chi connectivity index (χ2n) is 9.71. The summed E-state index contributed by atoms with van der Waals surface area (Å²) >= 11 is 0. The van der Waals surface area contributed by atoms with E-state index >= 15 is 0 Å². The zero-order valence-corrected chi connectivity index (χ0v) is 19.5. The highest BCUT2D eigenvalue weighted by Crippen LogP contribution is 2.41. The van der Waals surface area contributed by atoms with Crippen LogP contribution in [0.25, 0.3) is 5.70 Å². The van der Waals surface area contributed by atoms with Gasteiger partial charge in [0.2, 0.25) is 6.29 Å². The van der Waals surface area contributed by atoms with Crippen molar-refractivity contribution in [2.45, 2.75) is 44.6 Å². The molecule has 3 aliphatic heterocycles. The average Bonchev–Trinajstić information content (AvgIpc) is 3.64. The standard InChI is InChI=1S/C23H26N10O3/c24-31-13-25-18(17-2-1-9-36-17)19-20(31)28-22-30(23(35)32(33(19)22)11-14-3-4-14)8-7-29-12-15(10-26-29)21(34)27-16-5-6-16/h1-2,9-10,12-14,16,22H,3-8,11,24H2,(H,27,34). The van der Waals surface area contributed by atoms with Crippen LogP contribution in [0.4, 0.5) is 4.79 Å². The zero-order valence-electron chi connectivity index (χ0n) is 19.5. The van der Waals surface area contributed by atoms with Crippen molar-refractivity contribution in [2.75, 3.05) is 13.1 Å². The molecule has 5 heterocycles. The fraction of sp³-hybridized carbons (Fsp3) is 0.435. The quantitative estimate of drug-likeness (QED) is 0.526. The van der Waals surface area contributed by atoms with Crippen molar-refractivity contribution in [3.63, 3.8) is 0 Å². The predicted octanol–water partition coefficient (Wildman–Crippen LogP) is 1.01. The lowest BCUT2D eigenvalue weighted by molar-refractivity contribution is 0.0590. The van der Waals surface area contributed by atoms with Crippen LogP contribution in [0.15, 0.2) is 50.9 Å². The van der Waals surface area contributed by atoms with Gasteiger partial charge in [0.05, 0.1) is 24.6 Å². The van der Waals surface area contributed by atoms with Gasteiger partial charge in [-0.05, 0) is 43.7 Å². The number of aliphatic imine (C=N–C) groups is 2. The molecular formula is C23H26N10O3. The van der Waals surface area contributed by atoms with Crippen LogP contribution < -0.4 is 11.2 Å². The highest BCUT2D eigenvalue weighted by atomic mass is 16.3. The molecule has 2 aliphatic carbocycles. The van der Waals surface area contributed by atoms with E-state index in [1.165, 1.54) is 11.3 Å². The number of rotatable bonds is 8. The van der Waals surface area contributed by atoms with Gasteiger partial charge in [0, 0.05) is 25.3 Å². The van der Waals surface area contributed by atoms with Crippen LogP contribution in [0.3, 0.4) is 0 Å². The van der Waals surface area contributed by atoms with Gasteiger partial charge in [0.15, 0.2) is 11.6 Å². The monoisotopic (exact) mass is 490 g/mol. The third-order valence-corrected chi connectivity index (χ3v) is 6.94. The van der Waals surface area contributed by atoms with Crippen LogP contribution >= 0.6 is 0 Å². The molecule has 2 saturated carbocycles. The summed E-state index contributed by atoms with van der Waals surface area (Å²) in [5.41, 5.74) is 1.74. The number of hydrogen-bond donors (Lipinski definition) is 2. The maximum absolute atomic E-state index is 13.6. The Bertz CT molecular complexity index is 1300. The molecule has 36 heavy (non-hydrogen) atoms. The zero-order chi connectivity index (χ0) is 24.4. The first kappa shape index (κ1) is 21.2. The average molecular weight is 491 g/mol. The SMILES string of the molecule is NN1C=NC(c2ccco2)=C2C1=NC1N(CCn3cc(C(=O)NC4CC4)cn3)C(=O)N(CC3CC3)N21. The number of nitrogens with two attached hydrogens (primary N) is 1. The van der Waals surface area contributed by atoms with Crippen molar-refractivity contribution in [3.05, 3.63) is 47.8 Å². The van der Waals surface area contributed by atoms with Gasteiger partial charge in [-0.2, -0.15) is 5.10 Å². The normalized spacial score (nSPS) is 23.0. The molecule has 7 rings (SSSR count). The summed E-state index contributed by atoms with van der Waals surface area (Å²) in [5, 5.41) is 12.3. The summed E-state index contributed by atoms with van der Waals surface area (Å²) in [4.78, 5) is 37.0. The van der Waals surface area contributed by atoms with Gasteiger partial charge in [-0.3, -0.25) is 14.4 Å². The van der Waals surface area contributed by atoms with E-state index in [1.54, 1.807) is 39.3 Å². The van der Waals surface area contributed by atoms with Crippen molar-refractivity contribution in [2.24, 2.45) is 21.7 Å². The summed E-state index contributed by atoms with van der Waals surface area (Å²) in [5.74, 6) is 7.65. The molecule has 3 fully saturated rings. The molecule has 1 unspecified atom stereocenters. The Hall–Kier alpha value is -4.13. The predicted molar refractivity (Wildman–Crippen MR) is 127 cm³/mol. The summed E-state index contributed by atoms with van der Waals surface area (Å²) in [6.45, 7) is 1.38. The molecule has 1 saturated heterocycles. The van der Waals surface area contributed by atoms with Crippen LogP contribution in [0, 0.1) is 5.92 Å². The molecule has 2 aromatic heterocycles. The van der Waals surface area contributed by atoms with E-state index in [4.69, 9.17) is 15.3 Å². The minimum Gasteiger partial charge on any atom is -0.463 e. The molecule has 0 radical (unpaired) electrons. The van der Waals surface area contributed by atoms with Gasteiger partial charge in [-0.25, -0.2) is 35.6 Å². The van der Waals surface area contributed by atoms with Gasteiger partial charge in [0.25, 0.3) is 5.91 Å². The number of fused-ring (bicyclic) bond motifs is 3.